The van der Waals surface area contributed by atoms with Crippen molar-refractivity contribution < 1.29 is 4.74 Å². The minimum atomic E-state index is 0.292. The molecule has 2 saturated carbocycles. The maximum Gasteiger partial charge on any atom is 0.0710 e. The first kappa shape index (κ1) is 14.5. The molecule has 3 nitrogen and oxygen atoms in total. The van der Waals surface area contributed by atoms with Crippen LogP contribution in [-0.2, 0) is 4.74 Å². The van der Waals surface area contributed by atoms with Crippen LogP contribution in [0.5, 0.6) is 0 Å². The molecule has 0 aromatic heterocycles. The van der Waals surface area contributed by atoms with E-state index in [-0.39, 0.29) is 0 Å². The molecule has 1 spiro atoms. The number of nitrogens with zero attached hydrogens (tertiary/aromatic N) is 1. The standard InChI is InChI=1S/C18H32N2O/c1-14-11-20(17(2,13-19-14)15-5-6-15)12-16-7-10-18(21-16)8-3-4-9-18/h14-16,19H,3-13H2,1-2H3. The zero-order valence-corrected chi connectivity index (χ0v) is 13.9. The van der Waals surface area contributed by atoms with Crippen LogP contribution >= 0.6 is 0 Å². The van der Waals surface area contributed by atoms with E-state index in [0.29, 0.717) is 23.3 Å². The zero-order valence-electron chi connectivity index (χ0n) is 13.9. The molecule has 0 radical (unpaired) electrons. The van der Waals surface area contributed by atoms with Crippen LogP contribution in [0.3, 0.4) is 0 Å². The first-order valence-electron chi connectivity index (χ1n) is 9.26. The summed E-state index contributed by atoms with van der Waals surface area (Å²) in [5.74, 6) is 0.916. The smallest absolute Gasteiger partial charge is 0.0710 e. The molecule has 2 aliphatic carbocycles. The van der Waals surface area contributed by atoms with Gasteiger partial charge >= 0.3 is 0 Å². The molecule has 0 amide bonds. The lowest BCUT2D eigenvalue weighted by Crippen LogP contribution is -2.65. The zero-order chi connectivity index (χ0) is 14.5. The Labute approximate surface area is 129 Å². The molecule has 4 rings (SSSR count). The second-order valence-electron chi connectivity index (χ2n) is 8.49. The van der Waals surface area contributed by atoms with Gasteiger partial charge in [-0.1, -0.05) is 12.8 Å². The SMILES string of the molecule is CC1CN(CC2CCC3(CCCC3)O2)C(C)(C2CC2)CN1. The fraction of sp³-hybridized carbons (Fsp3) is 1.00. The Bertz CT molecular complexity index is 389. The number of nitrogens with one attached hydrogen (secondary N) is 1. The molecular weight excluding hydrogens is 260 g/mol. The van der Waals surface area contributed by atoms with Crippen molar-refractivity contribution in [3.8, 4) is 0 Å². The third-order valence-corrected chi connectivity index (χ3v) is 6.76. The molecule has 4 aliphatic rings. The quantitative estimate of drug-likeness (QED) is 0.865. The van der Waals surface area contributed by atoms with Gasteiger partial charge in [-0.05, 0) is 58.3 Å². The normalized spacial score (nSPS) is 43.7. The third kappa shape index (κ3) is 2.66. The topological polar surface area (TPSA) is 24.5 Å². The minimum Gasteiger partial charge on any atom is -0.370 e. The van der Waals surface area contributed by atoms with Crippen molar-refractivity contribution in [2.45, 2.75) is 88.5 Å². The lowest BCUT2D eigenvalue weighted by Gasteiger charge is -2.49. The maximum atomic E-state index is 6.58. The van der Waals surface area contributed by atoms with Crippen molar-refractivity contribution in [2.75, 3.05) is 19.6 Å². The third-order valence-electron chi connectivity index (χ3n) is 6.76. The van der Waals surface area contributed by atoms with Crippen molar-refractivity contribution >= 4 is 0 Å². The Hall–Kier alpha value is -0.120. The molecule has 2 saturated heterocycles. The van der Waals surface area contributed by atoms with E-state index in [1.165, 1.54) is 64.5 Å². The molecule has 3 atom stereocenters. The van der Waals surface area contributed by atoms with Crippen molar-refractivity contribution in [2.24, 2.45) is 5.92 Å². The van der Waals surface area contributed by atoms with Gasteiger partial charge in [-0.3, -0.25) is 4.90 Å². The number of hydrogen-bond donors (Lipinski definition) is 1. The Balaban J connectivity index is 1.42. The predicted octanol–water partition coefficient (Wildman–Crippen LogP) is 2.94. The van der Waals surface area contributed by atoms with E-state index in [1.807, 2.05) is 0 Å². The molecule has 0 aromatic carbocycles. The van der Waals surface area contributed by atoms with Gasteiger partial charge < -0.3 is 10.1 Å². The van der Waals surface area contributed by atoms with Gasteiger partial charge in [-0.25, -0.2) is 0 Å². The second kappa shape index (κ2) is 5.21. The molecule has 0 aromatic rings. The van der Waals surface area contributed by atoms with Gasteiger partial charge in [-0.2, -0.15) is 0 Å². The van der Waals surface area contributed by atoms with E-state index in [2.05, 4.69) is 24.1 Å². The first-order chi connectivity index (χ1) is 10.1. The minimum absolute atomic E-state index is 0.292. The Morgan fingerprint density at radius 1 is 1.14 bits per heavy atom. The molecule has 2 heterocycles. The average molecular weight is 292 g/mol. The highest BCUT2D eigenvalue weighted by Crippen LogP contribution is 2.46. The lowest BCUT2D eigenvalue weighted by atomic mass is 9.89. The summed E-state index contributed by atoms with van der Waals surface area (Å²) in [6.07, 6.45) is 11.4. The van der Waals surface area contributed by atoms with Gasteiger partial charge in [-0.15, -0.1) is 0 Å². The summed E-state index contributed by atoms with van der Waals surface area (Å²) in [6, 6.07) is 0.624. The van der Waals surface area contributed by atoms with Crippen LogP contribution in [0.15, 0.2) is 0 Å². The van der Waals surface area contributed by atoms with Crippen LogP contribution < -0.4 is 5.32 Å². The van der Waals surface area contributed by atoms with E-state index in [1.54, 1.807) is 0 Å². The lowest BCUT2D eigenvalue weighted by molar-refractivity contribution is -0.0686. The van der Waals surface area contributed by atoms with Gasteiger partial charge in [0.25, 0.3) is 0 Å². The van der Waals surface area contributed by atoms with Crippen LogP contribution in [0.4, 0.5) is 0 Å². The van der Waals surface area contributed by atoms with Crippen molar-refractivity contribution in [1.82, 2.24) is 10.2 Å². The summed E-state index contributed by atoms with van der Waals surface area (Å²) in [4.78, 5) is 2.78. The molecule has 0 bridgehead atoms. The highest BCUT2D eigenvalue weighted by Gasteiger charge is 2.49. The molecule has 21 heavy (non-hydrogen) atoms. The van der Waals surface area contributed by atoms with Crippen LogP contribution in [0.2, 0.25) is 0 Å². The Morgan fingerprint density at radius 2 is 1.90 bits per heavy atom. The van der Waals surface area contributed by atoms with E-state index in [0.717, 1.165) is 12.5 Å². The van der Waals surface area contributed by atoms with Gasteiger partial charge in [0.2, 0.25) is 0 Å². The van der Waals surface area contributed by atoms with Gasteiger partial charge in [0.15, 0.2) is 0 Å². The van der Waals surface area contributed by atoms with Crippen LogP contribution in [0.1, 0.15) is 65.2 Å². The van der Waals surface area contributed by atoms with E-state index >= 15 is 0 Å². The van der Waals surface area contributed by atoms with Crippen LogP contribution in [0.25, 0.3) is 0 Å². The molecular formula is C18H32N2O. The van der Waals surface area contributed by atoms with Crippen LogP contribution in [0, 0.1) is 5.92 Å². The van der Waals surface area contributed by atoms with Crippen molar-refractivity contribution in [3.63, 3.8) is 0 Å². The summed E-state index contributed by atoms with van der Waals surface area (Å²) in [6.45, 7) is 8.34. The fourth-order valence-corrected chi connectivity index (χ4v) is 5.14. The van der Waals surface area contributed by atoms with Crippen molar-refractivity contribution in [3.05, 3.63) is 0 Å². The molecule has 3 heteroatoms. The molecule has 120 valence electrons. The van der Waals surface area contributed by atoms with E-state index in [4.69, 9.17) is 4.74 Å². The first-order valence-corrected chi connectivity index (χ1v) is 9.26. The number of rotatable bonds is 3. The second-order valence-corrected chi connectivity index (χ2v) is 8.49. The maximum absolute atomic E-state index is 6.58. The van der Waals surface area contributed by atoms with Gasteiger partial charge in [0.1, 0.15) is 0 Å². The summed E-state index contributed by atoms with van der Waals surface area (Å²) >= 11 is 0. The molecule has 1 N–H and O–H groups in total. The summed E-state index contributed by atoms with van der Waals surface area (Å²) in [5.41, 5.74) is 0.668. The van der Waals surface area contributed by atoms with Crippen LogP contribution in [-0.4, -0.2) is 47.8 Å². The number of ether oxygens (including phenoxy) is 1. The fourth-order valence-electron chi connectivity index (χ4n) is 5.14. The van der Waals surface area contributed by atoms with E-state index < -0.39 is 0 Å². The summed E-state index contributed by atoms with van der Waals surface area (Å²) < 4.78 is 6.58. The van der Waals surface area contributed by atoms with E-state index in [9.17, 15) is 0 Å². The Kier molecular flexibility index (Phi) is 3.59. The predicted molar refractivity (Wildman–Crippen MR) is 85.5 cm³/mol. The monoisotopic (exact) mass is 292 g/mol. The average Bonchev–Trinajstić information content (AvgIpc) is 3.13. The summed E-state index contributed by atoms with van der Waals surface area (Å²) in [5, 5.41) is 3.71. The molecule has 3 unspecified atom stereocenters. The molecule has 2 aliphatic heterocycles. The number of hydrogen-bond acceptors (Lipinski definition) is 3. The van der Waals surface area contributed by atoms with Gasteiger partial charge in [0.05, 0.1) is 11.7 Å². The van der Waals surface area contributed by atoms with Gasteiger partial charge in [0, 0.05) is 31.2 Å². The number of piperazine rings is 1. The highest BCUT2D eigenvalue weighted by molar-refractivity contribution is 5.05. The largest absolute Gasteiger partial charge is 0.370 e. The van der Waals surface area contributed by atoms with Crippen molar-refractivity contribution in [1.29, 1.82) is 0 Å². The molecule has 4 fully saturated rings. The summed E-state index contributed by atoms with van der Waals surface area (Å²) in [7, 11) is 0. The highest BCUT2D eigenvalue weighted by atomic mass is 16.5. The Morgan fingerprint density at radius 3 is 2.62 bits per heavy atom.